The van der Waals surface area contributed by atoms with Crippen LogP contribution in [0.4, 0.5) is 0 Å². The van der Waals surface area contributed by atoms with Crippen LogP contribution in [-0.4, -0.2) is 83.9 Å². The maximum absolute atomic E-state index is 12.3. The average Bonchev–Trinajstić information content (AvgIpc) is 3.16. The molecule has 0 unspecified atom stereocenters. The van der Waals surface area contributed by atoms with Gasteiger partial charge in [0.2, 0.25) is 0 Å². The number of fused-ring (bicyclic) bond motifs is 2. The van der Waals surface area contributed by atoms with Gasteiger partial charge in [0.25, 0.3) is 0 Å². The van der Waals surface area contributed by atoms with E-state index in [0.717, 1.165) is 42.8 Å². The lowest BCUT2D eigenvalue weighted by atomic mass is 10.0. The molecule has 2 aromatic rings. The molecule has 7 nitrogen and oxygen atoms in total. The van der Waals surface area contributed by atoms with E-state index in [4.69, 9.17) is 4.74 Å². The first-order valence-electron chi connectivity index (χ1n) is 8.44. The maximum Gasteiger partial charge on any atom is 0.153 e. The molecule has 0 radical (unpaired) electrons. The van der Waals surface area contributed by atoms with Crippen LogP contribution in [-0.2, 0) is 21.1 Å². The van der Waals surface area contributed by atoms with Gasteiger partial charge in [-0.15, -0.1) is 0 Å². The van der Waals surface area contributed by atoms with Gasteiger partial charge >= 0.3 is 0 Å². The second kappa shape index (κ2) is 6.88. The Balaban J connectivity index is 1.53. The van der Waals surface area contributed by atoms with E-state index in [1.165, 1.54) is 11.7 Å². The summed E-state index contributed by atoms with van der Waals surface area (Å²) < 4.78 is 38.2. The fourth-order valence-corrected chi connectivity index (χ4v) is 6.50. The van der Waals surface area contributed by atoms with Crippen LogP contribution in [0, 0.1) is 0 Å². The highest BCUT2D eigenvalue weighted by Gasteiger charge is 2.46. The van der Waals surface area contributed by atoms with Crippen molar-refractivity contribution >= 4 is 32.6 Å². The molecule has 2 atom stereocenters. The first kappa shape index (κ1) is 17.3. The molecule has 0 amide bonds. The molecule has 1 aromatic heterocycles. The Kier molecular flexibility index (Phi) is 4.76. The van der Waals surface area contributed by atoms with Crippen LogP contribution in [0.1, 0.15) is 5.56 Å². The van der Waals surface area contributed by atoms with Crippen molar-refractivity contribution in [2.75, 3.05) is 44.9 Å². The summed E-state index contributed by atoms with van der Waals surface area (Å²) in [5.41, 5.74) is 2.99. The van der Waals surface area contributed by atoms with Crippen LogP contribution >= 0.6 is 11.7 Å². The van der Waals surface area contributed by atoms with Gasteiger partial charge in [-0.25, -0.2) is 8.42 Å². The number of ether oxygens (including phenoxy) is 1. The van der Waals surface area contributed by atoms with Crippen LogP contribution in [0.15, 0.2) is 18.2 Å². The minimum absolute atomic E-state index is 0.0554. The van der Waals surface area contributed by atoms with Crippen molar-refractivity contribution in [1.29, 1.82) is 0 Å². The molecule has 0 aliphatic carbocycles. The van der Waals surface area contributed by atoms with Crippen LogP contribution in [0.2, 0.25) is 0 Å². The molecule has 2 saturated heterocycles. The van der Waals surface area contributed by atoms with Crippen molar-refractivity contribution in [2.45, 2.75) is 18.6 Å². The normalized spacial score (nSPS) is 26.9. The first-order valence-corrected chi connectivity index (χ1v) is 11.0. The van der Waals surface area contributed by atoms with Crippen molar-refractivity contribution in [1.82, 2.24) is 18.5 Å². The Hall–Kier alpha value is -1.13. The molecule has 0 saturated carbocycles. The van der Waals surface area contributed by atoms with Gasteiger partial charge in [0, 0.05) is 45.4 Å². The molecule has 4 rings (SSSR count). The van der Waals surface area contributed by atoms with E-state index in [9.17, 15) is 8.42 Å². The van der Waals surface area contributed by atoms with Gasteiger partial charge in [0.15, 0.2) is 9.84 Å². The van der Waals surface area contributed by atoms with E-state index in [2.05, 4.69) is 30.7 Å². The molecular weight excluding hydrogens is 360 g/mol. The predicted octanol–water partition coefficient (Wildman–Crippen LogP) is 0.621. The van der Waals surface area contributed by atoms with E-state index in [1.54, 1.807) is 7.11 Å². The minimum Gasteiger partial charge on any atom is -0.383 e. The van der Waals surface area contributed by atoms with Gasteiger partial charge < -0.3 is 4.74 Å². The molecule has 3 heterocycles. The number of sulfone groups is 1. The van der Waals surface area contributed by atoms with Gasteiger partial charge in [-0.05, 0) is 17.7 Å². The molecular formula is C16H22N4O3S2. The zero-order chi connectivity index (χ0) is 17.4. The van der Waals surface area contributed by atoms with Crippen molar-refractivity contribution in [3.05, 3.63) is 23.8 Å². The van der Waals surface area contributed by atoms with E-state index in [-0.39, 0.29) is 23.6 Å². The van der Waals surface area contributed by atoms with Crippen LogP contribution in [0.25, 0.3) is 11.0 Å². The fourth-order valence-electron chi connectivity index (χ4n) is 3.94. The third-order valence-corrected chi connectivity index (χ3v) is 7.45. The van der Waals surface area contributed by atoms with Gasteiger partial charge in [-0.3, -0.25) is 9.80 Å². The minimum atomic E-state index is -2.98. The van der Waals surface area contributed by atoms with Gasteiger partial charge in [-0.2, -0.15) is 8.75 Å². The summed E-state index contributed by atoms with van der Waals surface area (Å²) in [5.74, 6) is 0.509. The second-order valence-electron chi connectivity index (χ2n) is 6.80. The lowest BCUT2D eigenvalue weighted by Gasteiger charge is -2.44. The fraction of sp³-hybridized carbons (Fsp3) is 0.625. The van der Waals surface area contributed by atoms with Crippen LogP contribution in [0.5, 0.6) is 0 Å². The highest BCUT2D eigenvalue weighted by atomic mass is 32.2. The molecule has 25 heavy (non-hydrogen) atoms. The van der Waals surface area contributed by atoms with Crippen LogP contribution in [0.3, 0.4) is 0 Å². The second-order valence-corrected chi connectivity index (χ2v) is 9.48. The zero-order valence-corrected chi connectivity index (χ0v) is 15.8. The van der Waals surface area contributed by atoms with Gasteiger partial charge in [0.05, 0.1) is 29.8 Å². The molecule has 9 heteroatoms. The Morgan fingerprint density at radius 1 is 1.16 bits per heavy atom. The number of piperazine rings is 1. The van der Waals surface area contributed by atoms with E-state index < -0.39 is 9.84 Å². The molecule has 2 aliphatic rings. The topological polar surface area (TPSA) is 75.6 Å². The number of rotatable bonds is 5. The zero-order valence-electron chi connectivity index (χ0n) is 14.2. The Labute approximate surface area is 151 Å². The third-order valence-electron chi connectivity index (χ3n) is 5.19. The van der Waals surface area contributed by atoms with Gasteiger partial charge in [-0.1, -0.05) is 6.07 Å². The lowest BCUT2D eigenvalue weighted by Crippen LogP contribution is -2.59. The summed E-state index contributed by atoms with van der Waals surface area (Å²) in [7, 11) is -1.30. The highest BCUT2D eigenvalue weighted by Crippen LogP contribution is 2.28. The van der Waals surface area contributed by atoms with Crippen molar-refractivity contribution in [3.63, 3.8) is 0 Å². The summed E-state index contributed by atoms with van der Waals surface area (Å²) in [4.78, 5) is 4.60. The SMILES string of the molecule is COCCN1CCN(Cc2ccc3nsnc3c2)[C@@H]2CS(=O)(=O)C[C@@H]21. The predicted molar refractivity (Wildman–Crippen MR) is 97.5 cm³/mol. The van der Waals surface area contributed by atoms with E-state index in [1.807, 2.05) is 6.07 Å². The van der Waals surface area contributed by atoms with E-state index >= 15 is 0 Å². The molecule has 136 valence electrons. The molecule has 2 aliphatic heterocycles. The monoisotopic (exact) mass is 382 g/mol. The number of nitrogens with zero attached hydrogens (tertiary/aromatic N) is 4. The van der Waals surface area contributed by atoms with Crippen LogP contribution < -0.4 is 0 Å². The van der Waals surface area contributed by atoms with Crippen molar-refractivity contribution in [2.24, 2.45) is 0 Å². The summed E-state index contributed by atoms with van der Waals surface area (Å²) in [6.07, 6.45) is 0. The number of aromatic nitrogens is 2. The Bertz CT molecular complexity index is 854. The van der Waals surface area contributed by atoms with Crippen molar-refractivity contribution < 1.29 is 13.2 Å². The first-order chi connectivity index (χ1) is 12.1. The molecule has 0 bridgehead atoms. The third kappa shape index (κ3) is 3.56. The Morgan fingerprint density at radius 2 is 1.88 bits per heavy atom. The summed E-state index contributed by atoms with van der Waals surface area (Å²) >= 11 is 1.22. The summed E-state index contributed by atoms with van der Waals surface area (Å²) in [6.45, 7) is 3.92. The molecule has 2 fully saturated rings. The quantitative estimate of drug-likeness (QED) is 0.750. The Morgan fingerprint density at radius 3 is 2.68 bits per heavy atom. The van der Waals surface area contributed by atoms with Crippen molar-refractivity contribution in [3.8, 4) is 0 Å². The molecule has 1 aromatic carbocycles. The lowest BCUT2D eigenvalue weighted by molar-refractivity contribution is 0.0253. The number of benzene rings is 1. The average molecular weight is 383 g/mol. The number of methoxy groups -OCH3 is 1. The summed E-state index contributed by atoms with van der Waals surface area (Å²) in [5, 5.41) is 0. The highest BCUT2D eigenvalue weighted by molar-refractivity contribution is 7.91. The maximum atomic E-state index is 12.3. The molecule has 0 N–H and O–H groups in total. The molecule has 0 spiro atoms. The number of hydrogen-bond acceptors (Lipinski definition) is 8. The number of hydrogen-bond donors (Lipinski definition) is 0. The smallest absolute Gasteiger partial charge is 0.153 e. The van der Waals surface area contributed by atoms with E-state index in [0.29, 0.717) is 6.61 Å². The standard InChI is InChI=1S/C16H22N4O3S2/c1-23-7-6-19-4-5-20(16-11-25(21,22)10-15(16)19)9-12-2-3-13-14(8-12)18-24-17-13/h2-3,8,15-16H,4-7,9-11H2,1H3/t15-,16+/m0/s1. The van der Waals surface area contributed by atoms with Gasteiger partial charge in [0.1, 0.15) is 11.0 Å². The summed E-state index contributed by atoms with van der Waals surface area (Å²) in [6, 6.07) is 6.25. The largest absolute Gasteiger partial charge is 0.383 e.